The molecule has 0 atom stereocenters. The summed E-state index contributed by atoms with van der Waals surface area (Å²) in [6.45, 7) is 3.80. The fourth-order valence-electron chi connectivity index (χ4n) is 2.36. The van der Waals surface area contributed by atoms with Crippen molar-refractivity contribution in [2.45, 2.75) is 13.8 Å². The number of nitrogens with one attached hydrogen (secondary N) is 2. The van der Waals surface area contributed by atoms with Gasteiger partial charge in [0, 0.05) is 18.5 Å². The van der Waals surface area contributed by atoms with Crippen LogP contribution >= 0.6 is 0 Å². The highest BCUT2D eigenvalue weighted by molar-refractivity contribution is 6.00. The van der Waals surface area contributed by atoms with Gasteiger partial charge in [-0.05, 0) is 31.5 Å². The molecule has 0 fully saturated rings. The maximum atomic E-state index is 12.3. The summed E-state index contributed by atoms with van der Waals surface area (Å²) in [7, 11) is 1.55. The number of benzene rings is 1. The van der Waals surface area contributed by atoms with Gasteiger partial charge < -0.3 is 10.1 Å². The normalized spacial score (nSPS) is 10.4. The first-order valence-corrected chi connectivity index (χ1v) is 7.62. The highest BCUT2D eigenvalue weighted by Crippen LogP contribution is 2.25. The molecule has 3 aromatic rings. The Bertz CT molecular complexity index is 906. The van der Waals surface area contributed by atoms with Crippen molar-refractivity contribution < 1.29 is 9.53 Å². The van der Waals surface area contributed by atoms with Crippen LogP contribution in [0.4, 0.5) is 16.3 Å². The maximum Gasteiger partial charge on any atom is 0.324 e. The van der Waals surface area contributed by atoms with E-state index in [2.05, 4.69) is 25.6 Å². The summed E-state index contributed by atoms with van der Waals surface area (Å²) < 4.78 is 7.05. The van der Waals surface area contributed by atoms with Crippen LogP contribution in [0.3, 0.4) is 0 Å². The van der Waals surface area contributed by atoms with Crippen LogP contribution in [0.2, 0.25) is 0 Å². The molecule has 0 saturated carbocycles. The molecule has 2 heterocycles. The molecule has 2 amide bonds. The molecule has 0 saturated heterocycles. The number of amides is 2. The van der Waals surface area contributed by atoms with Crippen molar-refractivity contribution in [3.63, 3.8) is 0 Å². The topological polar surface area (TPSA) is 94.0 Å². The fourth-order valence-corrected chi connectivity index (χ4v) is 2.36. The Morgan fingerprint density at radius 2 is 1.96 bits per heavy atom. The first-order chi connectivity index (χ1) is 12.1. The number of nitrogens with zero attached hydrogens (tertiary/aromatic N) is 4. The van der Waals surface area contributed by atoms with E-state index in [9.17, 15) is 4.79 Å². The number of urea groups is 1. The molecular formula is C17H18N6O2. The largest absolute Gasteiger partial charge is 0.495 e. The maximum absolute atomic E-state index is 12.3. The lowest BCUT2D eigenvalue weighted by molar-refractivity contribution is 0.262. The van der Waals surface area contributed by atoms with Gasteiger partial charge in [0.1, 0.15) is 29.5 Å². The number of methoxy groups -OCH3 is 1. The SMILES string of the molecule is COc1ccc(C)cc1NC(=O)Nc1cc(-n2ccnc2C)ncn1. The van der Waals surface area contributed by atoms with E-state index in [4.69, 9.17) is 4.74 Å². The molecule has 0 aliphatic rings. The highest BCUT2D eigenvalue weighted by Gasteiger charge is 2.10. The Morgan fingerprint density at radius 3 is 2.68 bits per heavy atom. The second-order valence-electron chi connectivity index (χ2n) is 5.39. The van der Waals surface area contributed by atoms with E-state index < -0.39 is 6.03 Å². The Hall–Kier alpha value is -3.42. The van der Waals surface area contributed by atoms with Crippen molar-refractivity contribution in [2.75, 3.05) is 17.7 Å². The first-order valence-electron chi connectivity index (χ1n) is 7.62. The van der Waals surface area contributed by atoms with Crippen LogP contribution in [0, 0.1) is 13.8 Å². The van der Waals surface area contributed by atoms with Crippen molar-refractivity contribution >= 4 is 17.5 Å². The molecule has 0 bridgehead atoms. The molecule has 0 aliphatic carbocycles. The zero-order valence-corrected chi connectivity index (χ0v) is 14.1. The number of hydrogen-bond donors (Lipinski definition) is 2. The zero-order valence-electron chi connectivity index (χ0n) is 14.1. The summed E-state index contributed by atoms with van der Waals surface area (Å²) in [5.41, 5.74) is 1.59. The average Bonchev–Trinajstić information content (AvgIpc) is 3.01. The zero-order chi connectivity index (χ0) is 17.8. The Kier molecular flexibility index (Phi) is 4.60. The molecule has 2 N–H and O–H groups in total. The molecule has 8 heteroatoms. The van der Waals surface area contributed by atoms with Gasteiger partial charge >= 0.3 is 6.03 Å². The fraction of sp³-hybridized carbons (Fsp3) is 0.176. The molecule has 0 spiro atoms. The van der Waals surface area contributed by atoms with Gasteiger partial charge in [-0.1, -0.05) is 6.07 Å². The Morgan fingerprint density at radius 1 is 1.12 bits per heavy atom. The summed E-state index contributed by atoms with van der Waals surface area (Å²) in [6.07, 6.45) is 4.86. The third kappa shape index (κ3) is 3.74. The molecule has 8 nitrogen and oxygen atoms in total. The van der Waals surface area contributed by atoms with Crippen LogP contribution in [0.1, 0.15) is 11.4 Å². The number of carbonyl (C=O) groups is 1. The lowest BCUT2D eigenvalue weighted by Gasteiger charge is -2.12. The monoisotopic (exact) mass is 338 g/mol. The van der Waals surface area contributed by atoms with Gasteiger partial charge in [0.15, 0.2) is 0 Å². The highest BCUT2D eigenvalue weighted by atomic mass is 16.5. The van der Waals surface area contributed by atoms with Crippen LogP contribution in [0.25, 0.3) is 5.82 Å². The van der Waals surface area contributed by atoms with Gasteiger partial charge in [0.25, 0.3) is 0 Å². The second-order valence-corrected chi connectivity index (χ2v) is 5.39. The van der Waals surface area contributed by atoms with E-state index in [1.165, 1.54) is 6.33 Å². The van der Waals surface area contributed by atoms with Gasteiger partial charge in [0.05, 0.1) is 12.8 Å². The Labute approximate surface area is 144 Å². The summed E-state index contributed by atoms with van der Waals surface area (Å²) in [5.74, 6) is 2.37. The van der Waals surface area contributed by atoms with E-state index in [1.807, 2.05) is 26.0 Å². The quantitative estimate of drug-likeness (QED) is 0.763. The molecule has 0 aliphatic heterocycles. The van der Waals surface area contributed by atoms with Crippen LogP contribution < -0.4 is 15.4 Å². The molecular weight excluding hydrogens is 320 g/mol. The molecule has 2 aromatic heterocycles. The van der Waals surface area contributed by atoms with E-state index in [-0.39, 0.29) is 0 Å². The van der Waals surface area contributed by atoms with E-state index in [0.29, 0.717) is 23.1 Å². The van der Waals surface area contributed by atoms with Crippen molar-refractivity contribution in [1.29, 1.82) is 0 Å². The summed E-state index contributed by atoms with van der Waals surface area (Å²) in [4.78, 5) is 24.7. The third-order valence-corrected chi connectivity index (χ3v) is 3.57. The minimum atomic E-state index is -0.420. The lowest BCUT2D eigenvalue weighted by Crippen LogP contribution is -2.21. The number of imidazole rings is 1. The van der Waals surface area contributed by atoms with Crippen LogP contribution in [0.15, 0.2) is 43.0 Å². The standard InChI is InChI=1S/C17H18N6O2/c1-11-4-5-14(25-3)13(8-11)21-17(24)22-15-9-16(20-10-19-15)23-7-6-18-12(23)2/h4-10H,1-3H3,(H2,19,20,21,22,24). The summed E-state index contributed by atoms with van der Waals surface area (Å²) >= 11 is 0. The Balaban J connectivity index is 1.76. The number of rotatable bonds is 4. The predicted molar refractivity (Wildman–Crippen MR) is 94.3 cm³/mol. The number of aryl methyl sites for hydroxylation is 2. The van der Waals surface area contributed by atoms with E-state index in [1.54, 1.807) is 36.2 Å². The van der Waals surface area contributed by atoms with Crippen LogP contribution in [-0.4, -0.2) is 32.7 Å². The van der Waals surface area contributed by atoms with Crippen molar-refractivity contribution in [1.82, 2.24) is 19.5 Å². The second kappa shape index (κ2) is 7.00. The van der Waals surface area contributed by atoms with Gasteiger partial charge in [0.2, 0.25) is 0 Å². The van der Waals surface area contributed by atoms with Crippen molar-refractivity contribution in [3.8, 4) is 11.6 Å². The first kappa shape index (κ1) is 16.4. The number of hydrogen-bond acceptors (Lipinski definition) is 5. The summed E-state index contributed by atoms with van der Waals surface area (Å²) in [6, 6.07) is 6.79. The molecule has 25 heavy (non-hydrogen) atoms. The number of carbonyl (C=O) groups excluding carboxylic acids is 1. The lowest BCUT2D eigenvalue weighted by atomic mass is 10.2. The molecule has 3 rings (SSSR count). The smallest absolute Gasteiger partial charge is 0.324 e. The number of aromatic nitrogens is 4. The van der Waals surface area contributed by atoms with E-state index >= 15 is 0 Å². The van der Waals surface area contributed by atoms with Gasteiger partial charge in [-0.3, -0.25) is 9.88 Å². The minimum Gasteiger partial charge on any atom is -0.495 e. The van der Waals surface area contributed by atoms with Crippen molar-refractivity contribution in [3.05, 3.63) is 54.4 Å². The molecule has 0 unspecified atom stereocenters. The predicted octanol–water partition coefficient (Wildman–Crippen LogP) is 2.93. The number of anilines is 2. The van der Waals surface area contributed by atoms with Crippen LogP contribution in [0.5, 0.6) is 5.75 Å². The van der Waals surface area contributed by atoms with Gasteiger partial charge in [-0.25, -0.2) is 19.7 Å². The number of ether oxygens (including phenoxy) is 1. The third-order valence-electron chi connectivity index (χ3n) is 3.57. The van der Waals surface area contributed by atoms with Crippen LogP contribution in [-0.2, 0) is 0 Å². The minimum absolute atomic E-state index is 0.377. The molecule has 1 aromatic carbocycles. The summed E-state index contributed by atoms with van der Waals surface area (Å²) in [5, 5.41) is 5.45. The molecule has 0 radical (unpaired) electrons. The van der Waals surface area contributed by atoms with Crippen molar-refractivity contribution in [2.24, 2.45) is 0 Å². The van der Waals surface area contributed by atoms with Gasteiger partial charge in [-0.15, -0.1) is 0 Å². The van der Waals surface area contributed by atoms with Gasteiger partial charge in [-0.2, -0.15) is 0 Å². The van der Waals surface area contributed by atoms with E-state index in [0.717, 1.165) is 11.4 Å². The average molecular weight is 338 g/mol. The molecule has 128 valence electrons.